The predicted octanol–water partition coefficient (Wildman–Crippen LogP) is 3.09. The van der Waals surface area contributed by atoms with Gasteiger partial charge in [-0.05, 0) is 41.1 Å². The largest absolute Gasteiger partial charge is 0.497 e. The van der Waals surface area contributed by atoms with Crippen molar-refractivity contribution in [3.63, 3.8) is 0 Å². The summed E-state index contributed by atoms with van der Waals surface area (Å²) in [5.41, 5.74) is 2.49. The topological polar surface area (TPSA) is 29.5 Å². The first-order valence-corrected chi connectivity index (χ1v) is 7.37. The molecule has 2 atom stereocenters. The van der Waals surface area contributed by atoms with Crippen LogP contribution < -0.4 is 4.74 Å². The second kappa shape index (κ2) is 5.00. The summed E-state index contributed by atoms with van der Waals surface area (Å²) in [5, 5.41) is 0. The van der Waals surface area contributed by atoms with Crippen molar-refractivity contribution >= 4 is 21.8 Å². The number of ether oxygens (including phenoxy) is 1. The van der Waals surface area contributed by atoms with Gasteiger partial charge in [-0.1, -0.05) is 28.1 Å². The fraction of sp³-hybridized carbons (Fsp3) is 0.400. The quantitative estimate of drug-likeness (QED) is 0.856. The van der Waals surface area contributed by atoms with Gasteiger partial charge in [-0.3, -0.25) is 4.79 Å². The van der Waals surface area contributed by atoms with Crippen LogP contribution in [0.1, 0.15) is 18.4 Å². The van der Waals surface area contributed by atoms with Crippen LogP contribution in [0.3, 0.4) is 0 Å². The number of nitrogens with zero attached hydrogens (tertiary/aromatic N) is 1. The average molecular weight is 322 g/mol. The molecule has 2 aliphatic rings. The van der Waals surface area contributed by atoms with Gasteiger partial charge in [0, 0.05) is 12.5 Å². The second-order valence-corrected chi connectivity index (χ2v) is 5.61. The Bertz CT molecular complexity index is 523. The van der Waals surface area contributed by atoms with E-state index in [2.05, 4.69) is 15.9 Å². The van der Waals surface area contributed by atoms with Crippen molar-refractivity contribution in [2.75, 3.05) is 7.11 Å². The van der Waals surface area contributed by atoms with Crippen molar-refractivity contribution in [1.82, 2.24) is 4.90 Å². The van der Waals surface area contributed by atoms with Crippen LogP contribution in [0, 0.1) is 5.92 Å². The summed E-state index contributed by atoms with van der Waals surface area (Å²) in [6.45, 7) is 0.689. The van der Waals surface area contributed by atoms with Crippen LogP contribution in [0.5, 0.6) is 5.75 Å². The molecule has 0 spiro atoms. The normalized spacial score (nSPS) is 27.4. The average Bonchev–Trinajstić information content (AvgIpc) is 2.99. The Balaban J connectivity index is 1.77. The minimum atomic E-state index is 0.201. The van der Waals surface area contributed by atoms with Crippen molar-refractivity contribution in [2.24, 2.45) is 5.92 Å². The van der Waals surface area contributed by atoms with Crippen LogP contribution in [0.4, 0.5) is 0 Å². The Hall–Kier alpha value is -1.29. The zero-order valence-corrected chi connectivity index (χ0v) is 12.4. The van der Waals surface area contributed by atoms with E-state index in [1.807, 2.05) is 34.2 Å². The number of likely N-dealkylation sites (tertiary alicyclic amines) is 1. The zero-order valence-electron chi connectivity index (χ0n) is 10.8. The van der Waals surface area contributed by atoms with Crippen LogP contribution >= 0.6 is 15.9 Å². The number of hydrogen-bond acceptors (Lipinski definition) is 2. The lowest BCUT2D eigenvalue weighted by Crippen LogP contribution is -2.37. The minimum Gasteiger partial charge on any atom is -0.497 e. The number of fused-ring (bicyclic) bond motifs is 2. The third-order valence-corrected chi connectivity index (χ3v) is 4.67. The van der Waals surface area contributed by atoms with Gasteiger partial charge in [0.25, 0.3) is 0 Å². The third kappa shape index (κ3) is 2.18. The highest BCUT2D eigenvalue weighted by Crippen LogP contribution is 2.43. The molecule has 1 saturated heterocycles. The maximum atomic E-state index is 12.2. The molecule has 2 bridgehead atoms. The Morgan fingerprint density at radius 3 is 2.74 bits per heavy atom. The van der Waals surface area contributed by atoms with Crippen molar-refractivity contribution in [3.05, 3.63) is 40.4 Å². The number of benzene rings is 1. The minimum absolute atomic E-state index is 0.201. The summed E-state index contributed by atoms with van der Waals surface area (Å²) >= 11 is 3.41. The monoisotopic (exact) mass is 321 g/mol. The second-order valence-electron chi connectivity index (χ2n) is 5.15. The van der Waals surface area contributed by atoms with E-state index in [-0.39, 0.29) is 5.92 Å². The standard InChI is InChI=1S/C15H16BrNO2/c1-19-13-4-2-10(3-5-13)9-17-14-7-11(15(17)18)6-12(14)8-16/h2-5,8,11,14H,6-7,9H2,1H3/b12-8+/t11-,14-/m0/s1. The van der Waals surface area contributed by atoms with E-state index in [9.17, 15) is 4.79 Å². The Kier molecular flexibility index (Phi) is 3.35. The lowest BCUT2D eigenvalue weighted by Gasteiger charge is -2.29. The molecule has 1 aliphatic heterocycles. The fourth-order valence-corrected chi connectivity index (χ4v) is 3.55. The molecular weight excluding hydrogens is 306 g/mol. The number of halogens is 1. The van der Waals surface area contributed by atoms with Gasteiger partial charge in [-0.25, -0.2) is 0 Å². The van der Waals surface area contributed by atoms with Gasteiger partial charge in [0.15, 0.2) is 0 Å². The van der Waals surface area contributed by atoms with Gasteiger partial charge in [0.1, 0.15) is 5.75 Å². The van der Waals surface area contributed by atoms with E-state index >= 15 is 0 Å². The van der Waals surface area contributed by atoms with Crippen LogP contribution in [0.25, 0.3) is 0 Å². The number of carbonyl (C=O) groups is 1. The summed E-state index contributed by atoms with van der Waals surface area (Å²) in [6, 6.07) is 8.22. The van der Waals surface area contributed by atoms with Crippen LogP contribution in [-0.2, 0) is 11.3 Å². The first-order valence-electron chi connectivity index (χ1n) is 6.45. The number of amides is 1. The zero-order chi connectivity index (χ0) is 13.4. The fourth-order valence-electron chi connectivity index (χ4n) is 3.06. The molecule has 0 radical (unpaired) electrons. The van der Waals surface area contributed by atoms with E-state index < -0.39 is 0 Å². The molecule has 1 amide bonds. The summed E-state index contributed by atoms with van der Waals surface area (Å²) in [4.78, 5) is 16.2. The number of methoxy groups -OCH3 is 1. The van der Waals surface area contributed by atoms with E-state index in [0.717, 1.165) is 24.2 Å². The van der Waals surface area contributed by atoms with Gasteiger partial charge >= 0.3 is 0 Å². The summed E-state index contributed by atoms with van der Waals surface area (Å²) in [5.74, 6) is 1.35. The van der Waals surface area contributed by atoms with E-state index in [0.29, 0.717) is 18.5 Å². The Morgan fingerprint density at radius 2 is 2.16 bits per heavy atom. The molecule has 1 aliphatic carbocycles. The molecule has 1 aromatic carbocycles. The van der Waals surface area contributed by atoms with Crippen molar-refractivity contribution in [3.8, 4) is 5.75 Å². The maximum Gasteiger partial charge on any atom is 0.226 e. The number of carbonyl (C=O) groups excluding carboxylic acids is 1. The maximum absolute atomic E-state index is 12.2. The molecule has 19 heavy (non-hydrogen) atoms. The molecule has 1 aromatic rings. The van der Waals surface area contributed by atoms with Gasteiger partial charge in [-0.2, -0.15) is 0 Å². The molecule has 1 saturated carbocycles. The van der Waals surface area contributed by atoms with E-state index in [4.69, 9.17) is 4.74 Å². The molecule has 3 nitrogen and oxygen atoms in total. The molecule has 100 valence electrons. The van der Waals surface area contributed by atoms with Crippen molar-refractivity contribution < 1.29 is 9.53 Å². The summed E-state index contributed by atoms with van der Waals surface area (Å²) in [6.07, 6.45) is 1.90. The SMILES string of the molecule is COc1ccc(CN2C(=O)[C@H]3C/C(=C\Br)[C@@H]2C3)cc1. The first-order chi connectivity index (χ1) is 9.22. The molecular formula is C15H16BrNO2. The molecule has 3 rings (SSSR count). The van der Waals surface area contributed by atoms with Crippen molar-refractivity contribution in [2.45, 2.75) is 25.4 Å². The van der Waals surface area contributed by atoms with Gasteiger partial charge in [0.2, 0.25) is 5.91 Å². The van der Waals surface area contributed by atoms with E-state index in [1.165, 1.54) is 5.57 Å². The number of hydrogen-bond donors (Lipinski definition) is 0. The molecule has 4 heteroatoms. The smallest absolute Gasteiger partial charge is 0.226 e. The lowest BCUT2D eigenvalue weighted by atomic mass is 10.0. The number of rotatable bonds is 3. The van der Waals surface area contributed by atoms with E-state index in [1.54, 1.807) is 7.11 Å². The highest BCUT2D eigenvalue weighted by molar-refractivity contribution is 9.11. The molecule has 1 heterocycles. The Labute approximate surface area is 121 Å². The Morgan fingerprint density at radius 1 is 1.42 bits per heavy atom. The van der Waals surface area contributed by atoms with Gasteiger partial charge in [-0.15, -0.1) is 0 Å². The number of piperidine rings is 1. The first kappa shape index (κ1) is 12.7. The third-order valence-electron chi connectivity index (χ3n) is 4.08. The molecule has 0 aromatic heterocycles. The van der Waals surface area contributed by atoms with Gasteiger partial charge in [0.05, 0.1) is 13.2 Å². The van der Waals surface area contributed by atoms with Gasteiger partial charge < -0.3 is 9.64 Å². The highest BCUT2D eigenvalue weighted by Gasteiger charge is 2.47. The molecule has 2 fully saturated rings. The summed E-state index contributed by atoms with van der Waals surface area (Å²) in [7, 11) is 1.66. The van der Waals surface area contributed by atoms with Crippen LogP contribution in [-0.4, -0.2) is 24.0 Å². The van der Waals surface area contributed by atoms with Crippen LogP contribution in [0.2, 0.25) is 0 Å². The lowest BCUT2D eigenvalue weighted by molar-refractivity contribution is -0.133. The molecule has 0 N–H and O–H groups in total. The van der Waals surface area contributed by atoms with Crippen LogP contribution in [0.15, 0.2) is 34.8 Å². The highest BCUT2D eigenvalue weighted by atomic mass is 79.9. The summed E-state index contributed by atoms with van der Waals surface area (Å²) < 4.78 is 5.15. The predicted molar refractivity (Wildman–Crippen MR) is 77.1 cm³/mol. The molecule has 0 unspecified atom stereocenters. The van der Waals surface area contributed by atoms with Crippen molar-refractivity contribution in [1.29, 1.82) is 0 Å².